The first kappa shape index (κ1) is 15.7. The van der Waals surface area contributed by atoms with Gasteiger partial charge in [0.2, 0.25) is 0 Å². The summed E-state index contributed by atoms with van der Waals surface area (Å²) < 4.78 is 38.1. The van der Waals surface area contributed by atoms with E-state index >= 15 is 0 Å². The molecule has 8 heteroatoms. The molecule has 0 fully saturated rings. The van der Waals surface area contributed by atoms with Crippen molar-refractivity contribution in [3.05, 3.63) is 50.2 Å². The van der Waals surface area contributed by atoms with Crippen LogP contribution in [0, 0.1) is 0 Å². The summed E-state index contributed by atoms with van der Waals surface area (Å²) in [5.74, 6) is 0. The zero-order chi connectivity index (χ0) is 15.1. The van der Waals surface area contributed by atoms with Crippen LogP contribution in [0.3, 0.4) is 0 Å². The van der Waals surface area contributed by atoms with Crippen LogP contribution in [0.4, 0.5) is 13.2 Å². The van der Waals surface area contributed by atoms with Gasteiger partial charge < -0.3 is 0 Å². The minimum absolute atomic E-state index is 0.154. The average Bonchev–Trinajstić information content (AvgIpc) is 2.32. The molecule has 2 rings (SSSR count). The summed E-state index contributed by atoms with van der Waals surface area (Å²) in [5, 5.41) is 0.246. The van der Waals surface area contributed by atoms with Crippen molar-refractivity contribution < 1.29 is 13.2 Å². The van der Waals surface area contributed by atoms with Crippen molar-refractivity contribution in [2.24, 2.45) is 0 Å². The second-order valence-corrected chi connectivity index (χ2v) is 5.42. The Kier molecular flexibility index (Phi) is 4.40. The van der Waals surface area contributed by atoms with Gasteiger partial charge in [-0.1, -0.05) is 46.4 Å². The van der Waals surface area contributed by atoms with Crippen LogP contribution in [-0.2, 0) is 6.18 Å². The fourth-order valence-corrected chi connectivity index (χ4v) is 2.41. The van der Waals surface area contributed by atoms with Crippen molar-refractivity contribution in [1.82, 2.24) is 4.98 Å². The Morgan fingerprint density at radius 2 is 1.40 bits per heavy atom. The molecule has 106 valence electrons. The Bertz CT molecular complexity index is 670. The Balaban J connectivity index is 2.64. The summed E-state index contributed by atoms with van der Waals surface area (Å²) >= 11 is 23.2. The van der Waals surface area contributed by atoms with Gasteiger partial charge in [-0.05, 0) is 29.8 Å². The van der Waals surface area contributed by atoms with Gasteiger partial charge in [0.15, 0.2) is 0 Å². The van der Waals surface area contributed by atoms with Gasteiger partial charge in [0.25, 0.3) is 0 Å². The summed E-state index contributed by atoms with van der Waals surface area (Å²) in [6.45, 7) is 0. The lowest BCUT2D eigenvalue weighted by Gasteiger charge is -2.11. The van der Waals surface area contributed by atoms with Crippen molar-refractivity contribution >= 4 is 46.4 Å². The Morgan fingerprint density at radius 3 is 2.00 bits per heavy atom. The molecule has 1 heterocycles. The molecule has 0 N–H and O–H groups in total. The molecule has 0 aliphatic rings. The number of halogens is 7. The predicted octanol–water partition coefficient (Wildman–Crippen LogP) is 6.38. The lowest BCUT2D eigenvalue weighted by Crippen LogP contribution is -2.08. The maximum absolute atomic E-state index is 12.7. The Hall–Kier alpha value is -0.680. The summed E-state index contributed by atoms with van der Waals surface area (Å²) in [6, 6.07) is 4.83. The highest BCUT2D eigenvalue weighted by Gasteiger charge is 2.33. The molecule has 0 spiro atoms. The fourth-order valence-electron chi connectivity index (χ4n) is 1.54. The second kappa shape index (κ2) is 5.60. The summed E-state index contributed by atoms with van der Waals surface area (Å²) in [7, 11) is 0. The number of nitrogens with zero attached hydrogens (tertiary/aromatic N) is 1. The predicted molar refractivity (Wildman–Crippen MR) is 74.7 cm³/mol. The minimum Gasteiger partial charge on any atom is -0.232 e. The lowest BCUT2D eigenvalue weighted by molar-refractivity contribution is -0.141. The molecular formula is C12H4Cl4F3N. The smallest absolute Gasteiger partial charge is 0.232 e. The fraction of sp³-hybridized carbons (Fsp3) is 0.0833. The molecule has 0 saturated heterocycles. The number of alkyl halides is 3. The zero-order valence-corrected chi connectivity index (χ0v) is 12.4. The molecule has 1 aromatic heterocycles. The average molecular weight is 361 g/mol. The molecule has 1 nitrogen and oxygen atoms in total. The van der Waals surface area contributed by atoms with Crippen LogP contribution in [0.1, 0.15) is 5.69 Å². The van der Waals surface area contributed by atoms with Gasteiger partial charge in [0, 0.05) is 10.6 Å². The molecule has 0 bridgehead atoms. The number of benzene rings is 1. The molecule has 0 unspecified atom stereocenters. The lowest BCUT2D eigenvalue weighted by atomic mass is 10.1. The van der Waals surface area contributed by atoms with Gasteiger partial charge in [-0.25, -0.2) is 4.98 Å². The molecule has 0 amide bonds. The molecule has 0 aliphatic carbocycles. The third-order valence-electron chi connectivity index (χ3n) is 2.41. The van der Waals surface area contributed by atoms with E-state index in [-0.39, 0.29) is 31.3 Å². The van der Waals surface area contributed by atoms with Gasteiger partial charge in [-0.15, -0.1) is 0 Å². The minimum atomic E-state index is -4.61. The van der Waals surface area contributed by atoms with Crippen LogP contribution in [0.5, 0.6) is 0 Å². The second-order valence-electron chi connectivity index (χ2n) is 3.81. The molecular weight excluding hydrogens is 357 g/mol. The van der Waals surface area contributed by atoms with Crippen LogP contribution in [0.15, 0.2) is 24.3 Å². The largest absolute Gasteiger partial charge is 0.433 e. The number of pyridine rings is 1. The van der Waals surface area contributed by atoms with Crippen LogP contribution < -0.4 is 0 Å². The number of hydrogen-bond acceptors (Lipinski definition) is 1. The first-order valence-corrected chi connectivity index (χ1v) is 6.59. The van der Waals surface area contributed by atoms with E-state index in [4.69, 9.17) is 46.4 Å². The van der Waals surface area contributed by atoms with Crippen molar-refractivity contribution in [1.29, 1.82) is 0 Å². The Morgan fingerprint density at radius 1 is 0.800 bits per heavy atom. The first-order chi connectivity index (χ1) is 9.18. The molecule has 0 radical (unpaired) electrons. The Labute approximate surface area is 132 Å². The summed E-state index contributed by atoms with van der Waals surface area (Å²) in [6.07, 6.45) is -4.61. The highest BCUT2D eigenvalue weighted by molar-refractivity contribution is 6.44. The highest BCUT2D eigenvalue weighted by Crippen LogP contribution is 2.38. The van der Waals surface area contributed by atoms with Crippen LogP contribution in [0.2, 0.25) is 20.2 Å². The first-order valence-electron chi connectivity index (χ1n) is 5.08. The zero-order valence-electron chi connectivity index (χ0n) is 9.40. The van der Waals surface area contributed by atoms with Crippen molar-refractivity contribution in [3.63, 3.8) is 0 Å². The van der Waals surface area contributed by atoms with E-state index in [1.807, 2.05) is 0 Å². The van der Waals surface area contributed by atoms with Crippen LogP contribution >= 0.6 is 46.4 Å². The van der Waals surface area contributed by atoms with Gasteiger partial charge in [0.05, 0.1) is 10.0 Å². The van der Waals surface area contributed by atoms with Crippen molar-refractivity contribution in [3.8, 4) is 11.1 Å². The van der Waals surface area contributed by atoms with E-state index in [1.54, 1.807) is 0 Å². The molecule has 0 aliphatic heterocycles. The van der Waals surface area contributed by atoms with Crippen molar-refractivity contribution in [2.45, 2.75) is 6.18 Å². The van der Waals surface area contributed by atoms with E-state index in [0.717, 1.165) is 6.07 Å². The summed E-state index contributed by atoms with van der Waals surface area (Å²) in [4.78, 5) is 3.24. The number of aromatic nitrogens is 1. The number of rotatable bonds is 1. The normalized spacial score (nSPS) is 11.8. The third-order valence-corrected chi connectivity index (χ3v) is 3.63. The standard InChI is InChI=1S/C12H4Cl4F3N/c13-7-4-9(15)8(14)3-6(7)5-1-10(12(17,18)19)20-11(16)2-5/h1-4H. The van der Waals surface area contributed by atoms with E-state index in [0.29, 0.717) is 0 Å². The molecule has 20 heavy (non-hydrogen) atoms. The van der Waals surface area contributed by atoms with E-state index < -0.39 is 11.9 Å². The molecule has 0 atom stereocenters. The van der Waals surface area contributed by atoms with E-state index in [9.17, 15) is 13.2 Å². The van der Waals surface area contributed by atoms with Crippen molar-refractivity contribution in [2.75, 3.05) is 0 Å². The maximum Gasteiger partial charge on any atom is 0.433 e. The summed E-state index contributed by atoms with van der Waals surface area (Å²) in [5.41, 5.74) is -0.668. The van der Waals surface area contributed by atoms with E-state index in [2.05, 4.69) is 4.98 Å². The third kappa shape index (κ3) is 3.31. The number of hydrogen-bond donors (Lipinski definition) is 0. The van der Waals surface area contributed by atoms with Gasteiger partial charge in [-0.3, -0.25) is 0 Å². The molecule has 0 saturated carbocycles. The molecule has 1 aromatic carbocycles. The highest BCUT2D eigenvalue weighted by atomic mass is 35.5. The SMILES string of the molecule is FC(F)(F)c1cc(-c2cc(Cl)c(Cl)cc2Cl)cc(Cl)n1. The van der Waals surface area contributed by atoms with Gasteiger partial charge in [0.1, 0.15) is 10.8 Å². The maximum atomic E-state index is 12.7. The molecule has 2 aromatic rings. The monoisotopic (exact) mass is 359 g/mol. The quantitative estimate of drug-likeness (QED) is 0.424. The topological polar surface area (TPSA) is 12.9 Å². The van der Waals surface area contributed by atoms with Crippen LogP contribution in [0.25, 0.3) is 11.1 Å². The van der Waals surface area contributed by atoms with Gasteiger partial charge >= 0.3 is 6.18 Å². The van der Waals surface area contributed by atoms with Gasteiger partial charge in [-0.2, -0.15) is 13.2 Å². The van der Waals surface area contributed by atoms with Crippen LogP contribution in [-0.4, -0.2) is 4.98 Å². The van der Waals surface area contributed by atoms with E-state index in [1.165, 1.54) is 18.2 Å².